The lowest BCUT2D eigenvalue weighted by Crippen LogP contribution is -2.42. The van der Waals surface area contributed by atoms with Crippen LogP contribution in [0, 0.1) is 0 Å². The Balaban J connectivity index is 1.24. The van der Waals surface area contributed by atoms with Gasteiger partial charge in [-0.05, 0) is 54.1 Å². The van der Waals surface area contributed by atoms with E-state index < -0.39 is 5.91 Å². The maximum Gasteiger partial charge on any atom is 0.269 e. The van der Waals surface area contributed by atoms with E-state index in [0.29, 0.717) is 28.6 Å². The van der Waals surface area contributed by atoms with Crippen molar-refractivity contribution in [3.05, 3.63) is 100 Å². The fraction of sp³-hybridized carbons (Fsp3) is 0.0833. The first kappa shape index (κ1) is 22.4. The van der Waals surface area contributed by atoms with Gasteiger partial charge in [0.1, 0.15) is 17.4 Å². The Bertz CT molecular complexity index is 1230. The Kier molecular flexibility index (Phi) is 7.29. The number of benzene rings is 2. The van der Waals surface area contributed by atoms with Crippen LogP contribution in [0.4, 0.5) is 0 Å². The minimum atomic E-state index is -0.414. The molecule has 0 radical (unpaired) electrons. The normalized spacial score (nSPS) is 10.5. The van der Waals surface area contributed by atoms with Gasteiger partial charge in [0.2, 0.25) is 5.91 Å². The number of carbonyl (C=O) groups is 2. The van der Waals surface area contributed by atoms with Crippen molar-refractivity contribution in [2.75, 3.05) is 0 Å². The number of ether oxygens (including phenoxy) is 1. The van der Waals surface area contributed by atoms with Crippen molar-refractivity contribution in [2.24, 2.45) is 0 Å². The van der Waals surface area contributed by atoms with Gasteiger partial charge in [-0.15, -0.1) is 11.3 Å². The summed E-state index contributed by atoms with van der Waals surface area (Å²) in [6.07, 6.45) is 3.47. The Morgan fingerprint density at radius 2 is 1.79 bits per heavy atom. The maximum atomic E-state index is 12.3. The molecule has 0 aliphatic rings. The van der Waals surface area contributed by atoms with E-state index in [1.807, 2.05) is 17.5 Å². The molecule has 0 unspecified atom stereocenters. The summed E-state index contributed by atoms with van der Waals surface area (Å²) >= 11 is 7.30. The Labute approximate surface area is 199 Å². The van der Waals surface area contributed by atoms with Crippen LogP contribution in [0.15, 0.2) is 78.4 Å². The molecule has 33 heavy (non-hydrogen) atoms. The van der Waals surface area contributed by atoms with E-state index in [-0.39, 0.29) is 12.3 Å². The summed E-state index contributed by atoms with van der Waals surface area (Å²) < 4.78 is 5.69. The molecule has 0 saturated carbocycles. The third-order valence-electron chi connectivity index (χ3n) is 4.55. The molecule has 2 aromatic carbocycles. The standard InChI is InChI=1S/C24H19ClN4O3S/c25-19-7-9-21(10-8-19)32-14-16-3-5-17(6-4-16)23(31)29-28-22(30)12-20-15-33-24(27-20)18-2-1-11-26-13-18/h1-11,13,15H,12,14H2,(H,28,30)(H,29,31). The number of amides is 2. The highest BCUT2D eigenvalue weighted by Crippen LogP contribution is 2.22. The van der Waals surface area contributed by atoms with Crippen molar-refractivity contribution < 1.29 is 14.3 Å². The van der Waals surface area contributed by atoms with Crippen LogP contribution in [-0.4, -0.2) is 21.8 Å². The number of hydrogen-bond donors (Lipinski definition) is 2. The fourth-order valence-corrected chi connectivity index (χ4v) is 3.80. The molecule has 2 N–H and O–H groups in total. The fourth-order valence-electron chi connectivity index (χ4n) is 2.87. The molecule has 7 nitrogen and oxygen atoms in total. The van der Waals surface area contributed by atoms with Gasteiger partial charge in [0.15, 0.2) is 0 Å². The molecule has 0 atom stereocenters. The number of nitrogens with zero attached hydrogens (tertiary/aromatic N) is 2. The van der Waals surface area contributed by atoms with Gasteiger partial charge >= 0.3 is 0 Å². The van der Waals surface area contributed by atoms with Crippen molar-refractivity contribution in [3.63, 3.8) is 0 Å². The van der Waals surface area contributed by atoms with Crippen LogP contribution < -0.4 is 15.6 Å². The van der Waals surface area contributed by atoms with Crippen molar-refractivity contribution in [2.45, 2.75) is 13.0 Å². The average molecular weight is 479 g/mol. The highest BCUT2D eigenvalue weighted by molar-refractivity contribution is 7.13. The van der Waals surface area contributed by atoms with Crippen molar-refractivity contribution >= 4 is 34.8 Å². The maximum absolute atomic E-state index is 12.3. The number of hydrazine groups is 1. The number of nitrogens with one attached hydrogen (secondary N) is 2. The number of aromatic nitrogens is 2. The second kappa shape index (κ2) is 10.7. The monoisotopic (exact) mass is 478 g/mol. The van der Waals surface area contributed by atoms with Crippen LogP contribution in [0.25, 0.3) is 10.6 Å². The van der Waals surface area contributed by atoms with Crippen molar-refractivity contribution in [1.29, 1.82) is 0 Å². The van der Waals surface area contributed by atoms with Crippen molar-refractivity contribution in [3.8, 4) is 16.3 Å². The third kappa shape index (κ3) is 6.38. The zero-order valence-electron chi connectivity index (χ0n) is 17.3. The van der Waals surface area contributed by atoms with Gasteiger partial charge in [0, 0.05) is 33.9 Å². The SMILES string of the molecule is O=C(Cc1csc(-c2cccnc2)n1)NNC(=O)c1ccc(COc2ccc(Cl)cc2)cc1. The van der Waals surface area contributed by atoms with Crippen LogP contribution in [0.2, 0.25) is 5.02 Å². The molecule has 0 aliphatic carbocycles. The van der Waals surface area contributed by atoms with Crippen LogP contribution in [0.5, 0.6) is 5.75 Å². The molecule has 0 fully saturated rings. The van der Waals surface area contributed by atoms with Crippen LogP contribution >= 0.6 is 22.9 Å². The molecule has 4 aromatic rings. The van der Waals surface area contributed by atoms with Crippen LogP contribution in [0.1, 0.15) is 21.6 Å². The third-order valence-corrected chi connectivity index (χ3v) is 5.74. The van der Waals surface area contributed by atoms with E-state index in [1.54, 1.807) is 60.9 Å². The van der Waals surface area contributed by atoms with Crippen molar-refractivity contribution in [1.82, 2.24) is 20.8 Å². The summed E-state index contributed by atoms with van der Waals surface area (Å²) in [4.78, 5) is 33.0. The Morgan fingerprint density at radius 1 is 1.00 bits per heavy atom. The lowest BCUT2D eigenvalue weighted by molar-refractivity contribution is -0.121. The van der Waals surface area contributed by atoms with E-state index in [2.05, 4.69) is 20.8 Å². The van der Waals surface area contributed by atoms with E-state index >= 15 is 0 Å². The van der Waals surface area contributed by atoms with Gasteiger partial charge in [-0.2, -0.15) is 0 Å². The topological polar surface area (TPSA) is 93.2 Å². The summed E-state index contributed by atoms with van der Waals surface area (Å²) in [6.45, 7) is 0.356. The van der Waals surface area contributed by atoms with Gasteiger partial charge in [-0.3, -0.25) is 25.4 Å². The molecule has 2 amide bonds. The molecular formula is C24H19ClN4O3S. The quantitative estimate of drug-likeness (QED) is 0.383. The second-order valence-electron chi connectivity index (χ2n) is 7.00. The minimum absolute atomic E-state index is 0.0536. The van der Waals surface area contributed by atoms with Crippen LogP contribution in [0.3, 0.4) is 0 Å². The number of rotatable bonds is 7. The molecule has 2 heterocycles. The smallest absolute Gasteiger partial charge is 0.269 e. The second-order valence-corrected chi connectivity index (χ2v) is 8.30. The lowest BCUT2D eigenvalue weighted by Gasteiger charge is -2.09. The molecule has 0 aliphatic heterocycles. The van der Waals surface area contributed by atoms with E-state index in [0.717, 1.165) is 16.1 Å². The molecule has 0 bridgehead atoms. The molecule has 9 heteroatoms. The molecule has 0 spiro atoms. The first-order valence-electron chi connectivity index (χ1n) is 9.98. The Hall–Kier alpha value is -3.75. The van der Waals surface area contributed by atoms with Gasteiger partial charge < -0.3 is 4.74 Å². The van der Waals surface area contributed by atoms with Gasteiger partial charge in [0.05, 0.1) is 12.1 Å². The highest BCUT2D eigenvalue weighted by atomic mass is 35.5. The van der Waals surface area contributed by atoms with Crippen LogP contribution in [-0.2, 0) is 17.8 Å². The minimum Gasteiger partial charge on any atom is -0.489 e. The summed E-state index contributed by atoms with van der Waals surface area (Å²) in [6, 6.07) is 17.8. The van der Waals surface area contributed by atoms with Gasteiger partial charge in [-0.1, -0.05) is 23.7 Å². The molecule has 4 rings (SSSR count). The summed E-state index contributed by atoms with van der Waals surface area (Å²) in [5, 5.41) is 3.25. The predicted octanol–water partition coefficient (Wildman–Crippen LogP) is 4.44. The van der Waals surface area contributed by atoms with Gasteiger partial charge in [0.25, 0.3) is 5.91 Å². The number of halogens is 1. The summed E-state index contributed by atoms with van der Waals surface area (Å²) in [5.41, 5.74) is 7.68. The number of pyridine rings is 1. The molecular weight excluding hydrogens is 460 g/mol. The van der Waals surface area contributed by atoms with Gasteiger partial charge in [-0.25, -0.2) is 4.98 Å². The first-order chi connectivity index (χ1) is 16.1. The number of carbonyl (C=O) groups excluding carboxylic acids is 2. The highest BCUT2D eigenvalue weighted by Gasteiger charge is 2.11. The summed E-state index contributed by atoms with van der Waals surface area (Å²) in [7, 11) is 0. The Morgan fingerprint density at radius 3 is 2.52 bits per heavy atom. The molecule has 2 aromatic heterocycles. The first-order valence-corrected chi connectivity index (χ1v) is 11.2. The number of hydrogen-bond acceptors (Lipinski definition) is 6. The zero-order valence-corrected chi connectivity index (χ0v) is 18.9. The molecule has 166 valence electrons. The van der Waals surface area contributed by atoms with E-state index in [9.17, 15) is 9.59 Å². The van der Waals surface area contributed by atoms with E-state index in [1.165, 1.54) is 11.3 Å². The average Bonchev–Trinajstić information content (AvgIpc) is 3.31. The largest absolute Gasteiger partial charge is 0.489 e. The zero-order chi connectivity index (χ0) is 23.0. The summed E-state index contributed by atoms with van der Waals surface area (Å²) in [5.74, 6) is -0.0705. The molecule has 0 saturated heterocycles. The predicted molar refractivity (Wildman–Crippen MR) is 127 cm³/mol. The lowest BCUT2D eigenvalue weighted by atomic mass is 10.1. The van der Waals surface area contributed by atoms with E-state index in [4.69, 9.17) is 16.3 Å². The number of thiazole rings is 1.